The van der Waals surface area contributed by atoms with Gasteiger partial charge in [0.05, 0.1) is 11.3 Å². The van der Waals surface area contributed by atoms with E-state index in [4.69, 9.17) is 15.2 Å². The molecule has 2 heterocycles. The van der Waals surface area contributed by atoms with E-state index in [-0.39, 0.29) is 5.56 Å². The zero-order valence-corrected chi connectivity index (χ0v) is 18.0. The first-order valence-electron chi connectivity index (χ1n) is 9.62. The molecule has 0 aliphatic heterocycles. The number of carbonyl (C=O) groups excluding carboxylic acids is 3. The molecule has 0 aliphatic rings. The maximum atomic E-state index is 12.2. The van der Waals surface area contributed by atoms with Gasteiger partial charge >= 0.3 is 5.97 Å². The highest BCUT2D eigenvalue weighted by atomic mass is 32.1. The lowest BCUT2D eigenvalue weighted by atomic mass is 10.2. The quantitative estimate of drug-likeness (QED) is 0.380. The zero-order chi connectivity index (χ0) is 22.9. The van der Waals surface area contributed by atoms with Crippen molar-refractivity contribution in [2.45, 2.75) is 19.6 Å². The molecule has 0 saturated carbocycles. The molecule has 2 aromatic heterocycles. The number of thiophene rings is 1. The average molecular weight is 452 g/mol. The van der Waals surface area contributed by atoms with Gasteiger partial charge in [0.2, 0.25) is 0 Å². The first-order valence-corrected chi connectivity index (χ1v) is 10.5. The number of amides is 2. The van der Waals surface area contributed by atoms with Gasteiger partial charge in [0.25, 0.3) is 11.8 Å². The number of nitrogens with one attached hydrogen (secondary N) is 1. The number of benzene rings is 1. The number of aromatic nitrogens is 1. The second-order valence-electron chi connectivity index (χ2n) is 6.61. The van der Waals surface area contributed by atoms with Crippen LogP contribution in [0.15, 0.2) is 66.2 Å². The van der Waals surface area contributed by atoms with Gasteiger partial charge in [-0.3, -0.25) is 14.6 Å². The van der Waals surface area contributed by atoms with E-state index in [9.17, 15) is 14.4 Å². The summed E-state index contributed by atoms with van der Waals surface area (Å²) in [4.78, 5) is 39.8. The number of pyridine rings is 1. The lowest BCUT2D eigenvalue weighted by molar-refractivity contribution is -0.148. The molecule has 164 valence electrons. The fourth-order valence-electron chi connectivity index (χ4n) is 2.56. The summed E-state index contributed by atoms with van der Waals surface area (Å²) in [6.45, 7) is 1.79. The van der Waals surface area contributed by atoms with Gasteiger partial charge in [-0.1, -0.05) is 18.2 Å². The summed E-state index contributed by atoms with van der Waals surface area (Å²) < 4.78 is 10.8. The molecule has 2 amide bonds. The van der Waals surface area contributed by atoms with Gasteiger partial charge < -0.3 is 20.5 Å². The highest BCUT2D eigenvalue weighted by molar-refractivity contribution is 7.14. The van der Waals surface area contributed by atoms with E-state index in [2.05, 4.69) is 10.3 Å². The molecule has 32 heavy (non-hydrogen) atoms. The number of hydrogen-bond donors (Lipinski definition) is 2. The Kier molecular flexibility index (Phi) is 7.71. The Morgan fingerprint density at radius 1 is 1.16 bits per heavy atom. The first kappa shape index (κ1) is 22.7. The number of primary amides is 1. The lowest BCUT2D eigenvalue weighted by Crippen LogP contribution is -2.29. The Bertz CT molecular complexity index is 1110. The second-order valence-corrected chi connectivity index (χ2v) is 7.52. The Labute approximate surface area is 188 Å². The van der Waals surface area contributed by atoms with Gasteiger partial charge in [0.1, 0.15) is 17.4 Å². The van der Waals surface area contributed by atoms with Gasteiger partial charge in [-0.05, 0) is 54.3 Å². The van der Waals surface area contributed by atoms with Crippen molar-refractivity contribution in [3.05, 3.63) is 83.0 Å². The van der Waals surface area contributed by atoms with Gasteiger partial charge in [-0.2, -0.15) is 0 Å². The fraction of sp³-hybridized carbons (Fsp3) is 0.130. The lowest BCUT2D eigenvalue weighted by Gasteiger charge is -2.12. The van der Waals surface area contributed by atoms with Crippen LogP contribution in [-0.4, -0.2) is 28.9 Å². The molecule has 0 aliphatic carbocycles. The van der Waals surface area contributed by atoms with E-state index in [0.717, 1.165) is 22.6 Å². The molecular formula is C23H21N3O5S. The molecule has 8 nitrogen and oxygen atoms in total. The summed E-state index contributed by atoms with van der Waals surface area (Å²) in [7, 11) is 0. The molecule has 0 spiro atoms. The maximum Gasteiger partial charge on any atom is 0.331 e. The first-order chi connectivity index (χ1) is 15.4. The Balaban J connectivity index is 1.48. The number of rotatable bonds is 9. The molecule has 0 radical (unpaired) electrons. The van der Waals surface area contributed by atoms with Crippen LogP contribution in [0.3, 0.4) is 0 Å². The third kappa shape index (κ3) is 6.51. The van der Waals surface area contributed by atoms with Crippen molar-refractivity contribution in [1.82, 2.24) is 4.98 Å². The van der Waals surface area contributed by atoms with E-state index in [1.807, 2.05) is 18.2 Å². The van der Waals surface area contributed by atoms with Gasteiger partial charge in [0, 0.05) is 12.3 Å². The molecule has 3 aromatic rings. The van der Waals surface area contributed by atoms with Crippen LogP contribution in [0, 0.1) is 0 Å². The van der Waals surface area contributed by atoms with Crippen LogP contribution in [0.2, 0.25) is 0 Å². The van der Waals surface area contributed by atoms with Crippen LogP contribution < -0.4 is 15.8 Å². The number of esters is 1. The van der Waals surface area contributed by atoms with Crippen molar-refractivity contribution in [2.24, 2.45) is 5.73 Å². The molecule has 3 N–H and O–H groups in total. The topological polar surface area (TPSA) is 121 Å². The third-order valence-electron chi connectivity index (χ3n) is 4.23. The number of nitrogens with two attached hydrogens (primary N) is 1. The van der Waals surface area contributed by atoms with Crippen LogP contribution in [0.5, 0.6) is 5.75 Å². The van der Waals surface area contributed by atoms with Crippen molar-refractivity contribution < 1.29 is 23.9 Å². The normalized spacial score (nSPS) is 11.7. The van der Waals surface area contributed by atoms with Crippen molar-refractivity contribution in [3.63, 3.8) is 0 Å². The minimum Gasteiger partial charge on any atom is -0.487 e. The number of carbonyl (C=O) groups is 3. The molecular weight excluding hydrogens is 430 g/mol. The van der Waals surface area contributed by atoms with Crippen molar-refractivity contribution >= 4 is 40.2 Å². The molecule has 3 rings (SSSR count). The predicted octanol–water partition coefficient (Wildman–Crippen LogP) is 3.40. The molecule has 1 unspecified atom stereocenters. The Hall–Kier alpha value is -3.98. The number of hydrogen-bond acceptors (Lipinski definition) is 7. The van der Waals surface area contributed by atoms with Crippen LogP contribution in [0.1, 0.15) is 28.5 Å². The van der Waals surface area contributed by atoms with E-state index in [1.165, 1.54) is 19.1 Å². The summed E-state index contributed by atoms with van der Waals surface area (Å²) >= 11 is 1.15. The van der Waals surface area contributed by atoms with Gasteiger partial charge in [0.15, 0.2) is 6.10 Å². The summed E-state index contributed by atoms with van der Waals surface area (Å²) in [5.74, 6) is -1.22. The molecule has 0 fully saturated rings. The summed E-state index contributed by atoms with van der Waals surface area (Å²) in [5, 5.41) is 4.48. The largest absolute Gasteiger partial charge is 0.487 e. The Morgan fingerprint density at radius 3 is 2.62 bits per heavy atom. The summed E-state index contributed by atoms with van der Waals surface area (Å²) in [6, 6.07) is 14.3. The van der Waals surface area contributed by atoms with E-state index in [1.54, 1.807) is 41.9 Å². The zero-order valence-electron chi connectivity index (χ0n) is 17.2. The third-order valence-corrected chi connectivity index (χ3v) is 5.06. The molecule has 0 saturated heterocycles. The molecule has 9 heteroatoms. The summed E-state index contributed by atoms with van der Waals surface area (Å²) in [5.41, 5.74) is 7.03. The molecule has 1 atom stereocenters. The van der Waals surface area contributed by atoms with Crippen molar-refractivity contribution in [2.75, 3.05) is 5.32 Å². The Morgan fingerprint density at radius 2 is 1.94 bits per heavy atom. The SMILES string of the molecule is CC(OC(=O)C=Cc1ccc(OCc2ccccn2)cc1)C(=O)Nc1sccc1C(N)=O. The van der Waals surface area contributed by atoms with Crippen LogP contribution in [-0.2, 0) is 20.9 Å². The van der Waals surface area contributed by atoms with Crippen molar-refractivity contribution in [3.8, 4) is 5.75 Å². The van der Waals surface area contributed by atoms with Crippen LogP contribution in [0.4, 0.5) is 5.00 Å². The predicted molar refractivity (Wildman–Crippen MR) is 121 cm³/mol. The maximum absolute atomic E-state index is 12.2. The van der Waals surface area contributed by atoms with Gasteiger partial charge in [-0.15, -0.1) is 11.3 Å². The summed E-state index contributed by atoms with van der Waals surface area (Å²) in [6.07, 6.45) is 3.45. The number of nitrogens with zero attached hydrogens (tertiary/aromatic N) is 1. The van der Waals surface area contributed by atoms with E-state index >= 15 is 0 Å². The fourth-order valence-corrected chi connectivity index (χ4v) is 3.36. The number of ether oxygens (including phenoxy) is 2. The highest BCUT2D eigenvalue weighted by Crippen LogP contribution is 2.23. The minimum absolute atomic E-state index is 0.203. The van der Waals surface area contributed by atoms with Crippen molar-refractivity contribution in [1.29, 1.82) is 0 Å². The standard InChI is InChI=1S/C23H21N3O5S/c1-15(22(29)26-23-19(21(24)28)11-13-32-23)31-20(27)10-7-16-5-8-18(9-6-16)30-14-17-4-2-3-12-25-17/h2-13,15H,14H2,1H3,(H2,24,28)(H,26,29). The molecule has 1 aromatic carbocycles. The van der Waals surface area contributed by atoms with E-state index < -0.39 is 23.9 Å². The monoisotopic (exact) mass is 451 g/mol. The van der Waals surface area contributed by atoms with Gasteiger partial charge in [-0.25, -0.2) is 4.79 Å². The average Bonchev–Trinajstić information content (AvgIpc) is 3.26. The number of anilines is 1. The van der Waals surface area contributed by atoms with Crippen LogP contribution >= 0.6 is 11.3 Å². The second kappa shape index (κ2) is 10.9. The minimum atomic E-state index is -1.06. The smallest absolute Gasteiger partial charge is 0.331 e. The highest BCUT2D eigenvalue weighted by Gasteiger charge is 2.19. The van der Waals surface area contributed by atoms with Crippen LogP contribution in [0.25, 0.3) is 6.08 Å². The molecule has 0 bridgehead atoms. The van der Waals surface area contributed by atoms with E-state index in [0.29, 0.717) is 17.4 Å².